The molecule has 16 nitrogen and oxygen atoms in total. The number of anilines is 2. The standard InChI is InChI=1S/C49H61N11O5S/c1-49(50)20-25-59(26-21-49)42-30-52-45(31-51-42)66-37-10-8-9-36(28-37)54-43(61)11-6-4-2-3-5-7-22-58-23-18-34(19-24-58)39-14-15-40(57-56-39)46(63)53-29-33-12-13-38-35(27-33)32-60(48(38)65)41-16-17-44(62)55-47(41)64/h8-10,12-15,27-28,30-31,34,41H,2-7,11,16-26,29,32,50H2,1H3,(H,53,63)(H,54,61)(H,55,62,64). The molecule has 1 atom stereocenters. The molecule has 2 aromatic heterocycles. The van der Waals surface area contributed by atoms with Gasteiger partial charge in [0.2, 0.25) is 17.7 Å². The molecule has 0 aliphatic carbocycles. The van der Waals surface area contributed by atoms with Gasteiger partial charge in [-0.1, -0.05) is 55.6 Å². The van der Waals surface area contributed by atoms with Crippen LogP contribution < -0.4 is 26.6 Å². The molecule has 17 heteroatoms. The summed E-state index contributed by atoms with van der Waals surface area (Å²) in [4.78, 5) is 79.2. The van der Waals surface area contributed by atoms with Crippen molar-refractivity contribution in [2.24, 2.45) is 5.73 Å². The van der Waals surface area contributed by atoms with Gasteiger partial charge < -0.3 is 31.1 Å². The van der Waals surface area contributed by atoms with Crippen molar-refractivity contribution < 1.29 is 24.0 Å². The number of unbranched alkanes of at least 4 members (excludes halogenated alkanes) is 5. The van der Waals surface area contributed by atoms with Crippen LogP contribution in [0.25, 0.3) is 0 Å². The fourth-order valence-corrected chi connectivity index (χ4v) is 10.0. The average Bonchev–Trinajstić information content (AvgIpc) is 3.64. The molecule has 3 fully saturated rings. The van der Waals surface area contributed by atoms with Crippen molar-refractivity contribution >= 4 is 52.8 Å². The molecule has 66 heavy (non-hydrogen) atoms. The van der Waals surface area contributed by atoms with E-state index in [1.807, 2.05) is 48.8 Å². The second kappa shape index (κ2) is 21.7. The molecule has 4 aliphatic rings. The number of fused-ring (bicyclic) bond motifs is 1. The van der Waals surface area contributed by atoms with Crippen LogP contribution in [0, 0.1) is 0 Å². The molecule has 3 saturated heterocycles. The number of carbonyl (C=O) groups excluding carboxylic acids is 5. The topological polar surface area (TPSA) is 209 Å². The molecule has 8 rings (SSSR count). The summed E-state index contributed by atoms with van der Waals surface area (Å²) in [6.45, 7) is 7.51. The Morgan fingerprint density at radius 3 is 2.41 bits per heavy atom. The number of likely N-dealkylation sites (tertiary alicyclic amines) is 1. The van der Waals surface area contributed by atoms with Gasteiger partial charge >= 0.3 is 0 Å². The van der Waals surface area contributed by atoms with E-state index in [0.29, 0.717) is 24.3 Å². The van der Waals surface area contributed by atoms with E-state index in [4.69, 9.17) is 5.73 Å². The van der Waals surface area contributed by atoms with Gasteiger partial charge in [-0.2, -0.15) is 5.10 Å². The van der Waals surface area contributed by atoms with E-state index in [9.17, 15) is 24.0 Å². The van der Waals surface area contributed by atoms with Gasteiger partial charge in [0, 0.05) is 66.6 Å². The summed E-state index contributed by atoms with van der Waals surface area (Å²) in [6.07, 6.45) is 15.1. The van der Waals surface area contributed by atoms with Crippen LogP contribution >= 0.6 is 11.8 Å². The van der Waals surface area contributed by atoms with E-state index in [2.05, 4.69) is 52.8 Å². The molecule has 0 spiro atoms. The molecular weight excluding hydrogens is 855 g/mol. The molecule has 0 bridgehead atoms. The summed E-state index contributed by atoms with van der Waals surface area (Å²) >= 11 is 1.53. The number of nitrogens with one attached hydrogen (secondary N) is 3. The fourth-order valence-electron chi connectivity index (χ4n) is 9.23. The Bertz CT molecular complexity index is 2360. The second-order valence-electron chi connectivity index (χ2n) is 18.4. The molecule has 0 saturated carbocycles. The van der Waals surface area contributed by atoms with Gasteiger partial charge in [0.05, 0.1) is 18.1 Å². The first-order chi connectivity index (χ1) is 32.0. The molecule has 6 heterocycles. The molecule has 4 aromatic rings. The number of piperidine rings is 3. The third kappa shape index (κ3) is 12.4. The van der Waals surface area contributed by atoms with Crippen LogP contribution in [0.3, 0.4) is 0 Å². The lowest BCUT2D eigenvalue weighted by Crippen LogP contribution is -2.52. The average molecular weight is 916 g/mol. The molecule has 4 aliphatic heterocycles. The van der Waals surface area contributed by atoms with E-state index < -0.39 is 11.9 Å². The summed E-state index contributed by atoms with van der Waals surface area (Å²) in [5, 5.41) is 17.8. The van der Waals surface area contributed by atoms with Crippen LogP contribution in [-0.4, -0.2) is 104 Å². The van der Waals surface area contributed by atoms with E-state index in [-0.39, 0.29) is 54.4 Å². The predicted molar refractivity (Wildman–Crippen MR) is 252 cm³/mol. The van der Waals surface area contributed by atoms with Gasteiger partial charge in [0.1, 0.15) is 16.9 Å². The van der Waals surface area contributed by atoms with E-state index in [1.54, 1.807) is 18.2 Å². The number of imide groups is 1. The third-order valence-electron chi connectivity index (χ3n) is 13.3. The van der Waals surface area contributed by atoms with Crippen LogP contribution in [0.2, 0.25) is 0 Å². The largest absolute Gasteiger partial charge is 0.355 e. The van der Waals surface area contributed by atoms with Crippen molar-refractivity contribution in [3.8, 4) is 0 Å². The van der Waals surface area contributed by atoms with Crippen molar-refractivity contribution in [3.63, 3.8) is 0 Å². The fraction of sp³-hybridized carbons (Fsp3) is 0.490. The Morgan fingerprint density at radius 1 is 0.879 bits per heavy atom. The summed E-state index contributed by atoms with van der Waals surface area (Å²) in [6, 6.07) is 16.2. The lowest BCUT2D eigenvalue weighted by molar-refractivity contribution is -0.137. The highest BCUT2D eigenvalue weighted by Gasteiger charge is 2.39. The molecule has 1 unspecified atom stereocenters. The molecular formula is C49H61N11O5S. The highest BCUT2D eigenvalue weighted by Crippen LogP contribution is 2.31. The molecule has 5 amide bonds. The minimum Gasteiger partial charge on any atom is -0.355 e. The Morgan fingerprint density at radius 2 is 1.67 bits per heavy atom. The Balaban J connectivity index is 0.660. The number of nitrogens with two attached hydrogens (primary N) is 1. The van der Waals surface area contributed by atoms with Gasteiger partial charge in [0.25, 0.3) is 11.8 Å². The van der Waals surface area contributed by atoms with Crippen LogP contribution in [0.5, 0.6) is 0 Å². The highest BCUT2D eigenvalue weighted by molar-refractivity contribution is 7.99. The first-order valence-electron chi connectivity index (χ1n) is 23.5. The summed E-state index contributed by atoms with van der Waals surface area (Å²) in [5.41, 5.74) is 10.3. The zero-order valence-electron chi connectivity index (χ0n) is 37.8. The third-order valence-corrected chi connectivity index (χ3v) is 14.2. The van der Waals surface area contributed by atoms with E-state index in [0.717, 1.165) is 122 Å². The number of aromatic nitrogens is 4. The SMILES string of the molecule is CC1(N)CCN(c2cnc(Sc3cccc(NC(=O)CCCCCCCCN4CCC(c5ccc(C(=O)NCc6ccc7c(c6)CN(C6CCC(=O)NC6=O)C7=O)nn5)CC4)c3)cn2)CC1. The first kappa shape index (κ1) is 46.7. The van der Waals surface area contributed by atoms with Crippen LogP contribution in [0.1, 0.15) is 134 Å². The number of amides is 5. The maximum Gasteiger partial charge on any atom is 0.272 e. The number of benzene rings is 2. The van der Waals surface area contributed by atoms with Crippen molar-refractivity contribution in [1.29, 1.82) is 0 Å². The van der Waals surface area contributed by atoms with Crippen molar-refractivity contribution in [2.45, 2.75) is 131 Å². The predicted octanol–water partition coefficient (Wildman–Crippen LogP) is 5.98. The first-order valence-corrected chi connectivity index (χ1v) is 24.3. The van der Waals surface area contributed by atoms with Crippen molar-refractivity contribution in [1.82, 2.24) is 40.6 Å². The van der Waals surface area contributed by atoms with Gasteiger partial charge in [-0.15, -0.1) is 5.10 Å². The molecule has 0 radical (unpaired) electrons. The summed E-state index contributed by atoms with van der Waals surface area (Å²) in [5.74, 6) is -0.0831. The number of hydrogen-bond donors (Lipinski definition) is 4. The number of rotatable bonds is 18. The van der Waals surface area contributed by atoms with Gasteiger partial charge in [-0.05, 0) is 119 Å². The lowest BCUT2D eigenvalue weighted by atomic mass is 9.91. The number of hydrogen-bond acceptors (Lipinski definition) is 13. The van der Waals surface area contributed by atoms with Gasteiger partial charge in [-0.3, -0.25) is 29.3 Å². The van der Waals surface area contributed by atoms with Crippen LogP contribution in [0.15, 0.2) is 76.9 Å². The smallest absolute Gasteiger partial charge is 0.272 e. The van der Waals surface area contributed by atoms with Crippen LogP contribution in [0.4, 0.5) is 11.5 Å². The summed E-state index contributed by atoms with van der Waals surface area (Å²) < 4.78 is 0. The van der Waals surface area contributed by atoms with Gasteiger partial charge in [-0.25, -0.2) is 9.97 Å². The normalized spacial score (nSPS) is 18.8. The molecule has 348 valence electrons. The zero-order chi connectivity index (χ0) is 46.0. The number of carbonyl (C=O) groups is 5. The second-order valence-corrected chi connectivity index (χ2v) is 19.5. The number of nitrogens with zero attached hydrogens (tertiary/aromatic N) is 7. The highest BCUT2D eigenvalue weighted by atomic mass is 32.2. The molecule has 5 N–H and O–H groups in total. The summed E-state index contributed by atoms with van der Waals surface area (Å²) in [7, 11) is 0. The van der Waals surface area contributed by atoms with Crippen LogP contribution in [-0.2, 0) is 27.5 Å². The lowest BCUT2D eigenvalue weighted by Gasteiger charge is -2.37. The van der Waals surface area contributed by atoms with Gasteiger partial charge in [0.15, 0.2) is 5.69 Å². The minimum atomic E-state index is -0.669. The Hall–Kier alpha value is -5.78. The maximum absolute atomic E-state index is 13.0. The van der Waals surface area contributed by atoms with E-state index in [1.165, 1.54) is 29.5 Å². The Kier molecular flexibility index (Phi) is 15.4. The quantitative estimate of drug-likeness (QED) is 0.0671. The van der Waals surface area contributed by atoms with Crippen molar-refractivity contribution in [2.75, 3.05) is 42.9 Å². The minimum absolute atomic E-state index is 0.0414. The van der Waals surface area contributed by atoms with E-state index >= 15 is 0 Å². The monoisotopic (exact) mass is 915 g/mol. The maximum atomic E-state index is 13.0. The zero-order valence-corrected chi connectivity index (χ0v) is 38.6. The Labute approximate surface area is 390 Å². The van der Waals surface area contributed by atoms with Crippen molar-refractivity contribution in [3.05, 3.63) is 95.1 Å². The molecule has 2 aromatic carbocycles.